The molecule has 0 aliphatic carbocycles. The number of nitrogens with zero attached hydrogens (tertiary/aromatic N) is 4. The predicted molar refractivity (Wildman–Crippen MR) is 78.6 cm³/mol. The van der Waals surface area contributed by atoms with Crippen LogP contribution in [-0.4, -0.2) is 52.6 Å². The van der Waals surface area contributed by atoms with Gasteiger partial charge in [0.15, 0.2) is 0 Å². The van der Waals surface area contributed by atoms with E-state index < -0.39 is 4.92 Å². The second-order valence-corrected chi connectivity index (χ2v) is 5.24. The lowest BCUT2D eigenvalue weighted by Gasteiger charge is -2.29. The second kappa shape index (κ2) is 7.16. The van der Waals surface area contributed by atoms with Gasteiger partial charge in [-0.3, -0.25) is 10.1 Å². The first kappa shape index (κ1) is 15.4. The Morgan fingerprint density at radius 1 is 1.43 bits per heavy atom. The molecule has 1 N–H and O–H groups in total. The van der Waals surface area contributed by atoms with Crippen LogP contribution in [0, 0.1) is 10.1 Å². The third-order valence-corrected chi connectivity index (χ3v) is 3.53. The summed E-state index contributed by atoms with van der Waals surface area (Å²) in [4.78, 5) is 20.8. The summed E-state index contributed by atoms with van der Waals surface area (Å²) in [5, 5.41) is 14.3. The highest BCUT2D eigenvalue weighted by atomic mass is 16.6. The van der Waals surface area contributed by atoms with Gasteiger partial charge in [0, 0.05) is 12.6 Å². The predicted octanol–water partition coefficient (Wildman–Crippen LogP) is 1.68. The summed E-state index contributed by atoms with van der Waals surface area (Å²) in [6.07, 6.45) is 4.98. The Morgan fingerprint density at radius 3 is 2.76 bits per heavy atom. The Bertz CT molecular complexity index is 491. The first-order chi connectivity index (χ1) is 10.1. The van der Waals surface area contributed by atoms with Crippen LogP contribution >= 0.6 is 0 Å². The van der Waals surface area contributed by atoms with Crippen molar-refractivity contribution in [2.45, 2.75) is 32.2 Å². The van der Waals surface area contributed by atoms with Crippen molar-refractivity contribution in [3.05, 3.63) is 16.4 Å². The monoisotopic (exact) mass is 295 g/mol. The minimum absolute atomic E-state index is 0.0253. The van der Waals surface area contributed by atoms with Crippen molar-refractivity contribution in [1.82, 2.24) is 14.9 Å². The van der Waals surface area contributed by atoms with Crippen molar-refractivity contribution in [3.8, 4) is 5.88 Å². The van der Waals surface area contributed by atoms with Crippen molar-refractivity contribution in [3.63, 3.8) is 0 Å². The molecule has 1 aliphatic heterocycles. The van der Waals surface area contributed by atoms with Gasteiger partial charge in [0.05, 0.1) is 12.0 Å². The van der Waals surface area contributed by atoms with E-state index in [9.17, 15) is 10.1 Å². The molecule has 0 saturated carbocycles. The molecule has 1 aliphatic rings. The molecular weight excluding hydrogens is 274 g/mol. The Balaban J connectivity index is 2.05. The molecule has 2 rings (SSSR count). The molecule has 1 aromatic rings. The van der Waals surface area contributed by atoms with E-state index >= 15 is 0 Å². The smallest absolute Gasteiger partial charge is 0.372 e. The van der Waals surface area contributed by atoms with E-state index in [4.69, 9.17) is 4.74 Å². The van der Waals surface area contributed by atoms with Crippen molar-refractivity contribution >= 4 is 11.5 Å². The van der Waals surface area contributed by atoms with Gasteiger partial charge in [-0.2, -0.15) is 4.98 Å². The molecule has 0 radical (unpaired) electrons. The Hall–Kier alpha value is -1.96. The van der Waals surface area contributed by atoms with Gasteiger partial charge in [-0.1, -0.05) is 6.42 Å². The van der Waals surface area contributed by atoms with Crippen molar-refractivity contribution in [2.24, 2.45) is 0 Å². The average Bonchev–Trinajstić information content (AvgIpc) is 2.47. The van der Waals surface area contributed by atoms with Gasteiger partial charge < -0.3 is 15.0 Å². The van der Waals surface area contributed by atoms with Crippen molar-refractivity contribution < 1.29 is 9.66 Å². The highest BCUT2D eigenvalue weighted by molar-refractivity contribution is 5.61. The van der Waals surface area contributed by atoms with E-state index in [1.165, 1.54) is 32.7 Å². The highest BCUT2D eigenvalue weighted by Gasteiger charge is 2.25. The molecule has 1 unspecified atom stereocenters. The second-order valence-electron chi connectivity index (χ2n) is 5.24. The van der Waals surface area contributed by atoms with Gasteiger partial charge in [0.25, 0.3) is 5.88 Å². The molecular formula is C13H21N5O3. The van der Waals surface area contributed by atoms with Crippen LogP contribution in [0.25, 0.3) is 0 Å². The lowest BCUT2D eigenvalue weighted by Crippen LogP contribution is -2.38. The Morgan fingerprint density at radius 2 is 2.14 bits per heavy atom. The zero-order valence-corrected chi connectivity index (χ0v) is 12.4. The summed E-state index contributed by atoms with van der Waals surface area (Å²) in [6.45, 7) is 5.00. The molecule has 1 atom stereocenters. The average molecular weight is 295 g/mol. The third kappa shape index (κ3) is 4.01. The van der Waals surface area contributed by atoms with Crippen LogP contribution < -0.4 is 10.1 Å². The molecule has 8 nitrogen and oxygen atoms in total. The zero-order chi connectivity index (χ0) is 15.2. The molecule has 1 fully saturated rings. The number of aromatic nitrogens is 2. The lowest BCUT2D eigenvalue weighted by molar-refractivity contribution is -0.385. The maximum atomic E-state index is 11.2. The van der Waals surface area contributed by atoms with E-state index in [-0.39, 0.29) is 23.4 Å². The van der Waals surface area contributed by atoms with E-state index in [2.05, 4.69) is 20.2 Å². The van der Waals surface area contributed by atoms with E-state index in [1.807, 2.05) is 6.92 Å². The van der Waals surface area contributed by atoms with Gasteiger partial charge in [0.1, 0.15) is 6.33 Å². The number of ether oxygens (including phenoxy) is 1. The standard InChI is InChI=1S/C13H21N5O3/c1-10(8-17-6-4-3-5-7-17)16-12-11(18(19)20)13(21-2)15-9-14-12/h9-10H,3-8H2,1-2H3,(H,14,15,16). The fourth-order valence-electron chi connectivity index (χ4n) is 2.59. The summed E-state index contributed by atoms with van der Waals surface area (Å²) in [5.41, 5.74) is -0.217. The van der Waals surface area contributed by atoms with Gasteiger partial charge >= 0.3 is 5.69 Å². The molecule has 8 heteroatoms. The van der Waals surface area contributed by atoms with Crippen LogP contribution in [0.4, 0.5) is 11.5 Å². The molecule has 2 heterocycles. The molecule has 1 saturated heterocycles. The van der Waals surface area contributed by atoms with Crippen LogP contribution in [0.15, 0.2) is 6.33 Å². The number of hydrogen-bond donors (Lipinski definition) is 1. The summed E-state index contributed by atoms with van der Waals surface area (Å²) < 4.78 is 4.94. The number of nitro groups is 1. The largest absolute Gasteiger partial charge is 0.476 e. The van der Waals surface area contributed by atoms with Crippen molar-refractivity contribution in [1.29, 1.82) is 0 Å². The molecule has 116 valence electrons. The highest BCUT2D eigenvalue weighted by Crippen LogP contribution is 2.30. The summed E-state index contributed by atoms with van der Waals surface area (Å²) >= 11 is 0. The van der Waals surface area contributed by atoms with Gasteiger partial charge in [-0.15, -0.1) is 0 Å². The first-order valence-corrected chi connectivity index (χ1v) is 7.14. The van der Waals surface area contributed by atoms with Crippen LogP contribution in [0.2, 0.25) is 0 Å². The zero-order valence-electron chi connectivity index (χ0n) is 12.4. The maximum absolute atomic E-state index is 11.2. The van der Waals surface area contributed by atoms with Crippen LogP contribution in [-0.2, 0) is 0 Å². The normalized spacial score (nSPS) is 17.2. The molecule has 0 spiro atoms. The Kier molecular flexibility index (Phi) is 5.26. The Labute approximate surface area is 123 Å². The SMILES string of the molecule is COc1ncnc(NC(C)CN2CCCCC2)c1[N+](=O)[O-]. The summed E-state index contributed by atoms with van der Waals surface area (Å²) in [6, 6.07) is 0.0569. The van der Waals surface area contributed by atoms with Crippen LogP contribution in [0.3, 0.4) is 0 Å². The number of likely N-dealkylation sites (tertiary alicyclic amines) is 1. The fourth-order valence-corrected chi connectivity index (χ4v) is 2.59. The fraction of sp³-hybridized carbons (Fsp3) is 0.692. The minimum Gasteiger partial charge on any atom is -0.476 e. The third-order valence-electron chi connectivity index (χ3n) is 3.53. The van der Waals surface area contributed by atoms with Gasteiger partial charge in [-0.25, -0.2) is 4.98 Å². The first-order valence-electron chi connectivity index (χ1n) is 7.14. The van der Waals surface area contributed by atoms with Crippen LogP contribution in [0.1, 0.15) is 26.2 Å². The van der Waals surface area contributed by atoms with E-state index in [0.29, 0.717) is 0 Å². The number of anilines is 1. The topological polar surface area (TPSA) is 93.4 Å². The summed E-state index contributed by atoms with van der Waals surface area (Å²) in [5.74, 6) is 0.180. The molecule has 0 bridgehead atoms. The minimum atomic E-state index is -0.519. The molecule has 0 amide bonds. The van der Waals surface area contributed by atoms with Crippen molar-refractivity contribution in [2.75, 3.05) is 32.1 Å². The number of rotatable bonds is 6. The van der Waals surface area contributed by atoms with Crippen LogP contribution in [0.5, 0.6) is 5.88 Å². The number of hydrogen-bond acceptors (Lipinski definition) is 7. The maximum Gasteiger partial charge on any atom is 0.372 e. The quantitative estimate of drug-likeness (QED) is 0.630. The van der Waals surface area contributed by atoms with E-state index in [0.717, 1.165) is 19.6 Å². The number of nitrogens with one attached hydrogen (secondary N) is 1. The van der Waals surface area contributed by atoms with E-state index in [1.54, 1.807) is 0 Å². The number of piperidine rings is 1. The molecule has 21 heavy (non-hydrogen) atoms. The molecule has 0 aromatic carbocycles. The van der Waals surface area contributed by atoms with Gasteiger partial charge in [-0.05, 0) is 32.9 Å². The van der Waals surface area contributed by atoms with Gasteiger partial charge in [0.2, 0.25) is 5.82 Å². The number of methoxy groups -OCH3 is 1. The molecule has 1 aromatic heterocycles. The summed E-state index contributed by atoms with van der Waals surface area (Å²) in [7, 11) is 1.36. The lowest BCUT2D eigenvalue weighted by atomic mass is 10.1.